The summed E-state index contributed by atoms with van der Waals surface area (Å²) in [7, 11) is 0. The molecule has 76 valence electrons. The van der Waals surface area contributed by atoms with Gasteiger partial charge in [-0.2, -0.15) is 0 Å². The molecule has 0 N–H and O–H groups in total. The monoisotopic (exact) mass is 185 g/mol. The summed E-state index contributed by atoms with van der Waals surface area (Å²) < 4.78 is 5.15. The van der Waals surface area contributed by atoms with Gasteiger partial charge in [-0.15, -0.1) is 0 Å². The predicted octanol–water partition coefficient (Wildman–Crippen LogP) is 1.77. The van der Waals surface area contributed by atoms with Crippen LogP contribution in [-0.2, 0) is 9.53 Å². The van der Waals surface area contributed by atoms with Crippen LogP contribution in [0.4, 0.5) is 0 Å². The molecule has 1 aliphatic rings. The number of nitrogens with zero attached hydrogens (tertiary/aromatic N) is 1. The van der Waals surface area contributed by atoms with Crippen LogP contribution >= 0.6 is 0 Å². The second-order valence-electron chi connectivity index (χ2n) is 3.79. The van der Waals surface area contributed by atoms with Crippen molar-refractivity contribution in [3.8, 4) is 0 Å². The van der Waals surface area contributed by atoms with Crippen LogP contribution < -0.4 is 0 Å². The molecule has 3 nitrogen and oxygen atoms in total. The van der Waals surface area contributed by atoms with Crippen LogP contribution in [0.3, 0.4) is 0 Å². The Bertz CT molecular complexity index is 182. The van der Waals surface area contributed by atoms with Crippen LogP contribution in [0.2, 0.25) is 0 Å². The molecule has 0 bridgehead atoms. The van der Waals surface area contributed by atoms with E-state index in [0.29, 0.717) is 6.04 Å². The van der Waals surface area contributed by atoms with E-state index in [1.165, 1.54) is 26.2 Å². The van der Waals surface area contributed by atoms with Gasteiger partial charge in [-0.05, 0) is 26.7 Å². The summed E-state index contributed by atoms with van der Waals surface area (Å²) in [6.45, 7) is 6.66. The molecule has 0 radical (unpaired) electrons. The van der Waals surface area contributed by atoms with Gasteiger partial charge < -0.3 is 4.74 Å². The van der Waals surface area contributed by atoms with Crippen molar-refractivity contribution in [3.63, 3.8) is 0 Å². The Morgan fingerprint density at radius 3 is 2.77 bits per heavy atom. The summed E-state index contributed by atoms with van der Waals surface area (Å²) in [6, 6.07) is 0.545. The van der Waals surface area contributed by atoms with E-state index >= 15 is 0 Å². The molecule has 0 aromatic rings. The fraction of sp³-hybridized carbons (Fsp3) is 0.900. The van der Waals surface area contributed by atoms with Crippen LogP contribution in [0.5, 0.6) is 0 Å². The van der Waals surface area contributed by atoms with Crippen molar-refractivity contribution < 1.29 is 9.53 Å². The Kier molecular flexibility index (Phi) is 3.72. The van der Waals surface area contributed by atoms with Gasteiger partial charge in [0, 0.05) is 19.5 Å². The van der Waals surface area contributed by atoms with Crippen molar-refractivity contribution in [2.75, 3.05) is 6.54 Å². The van der Waals surface area contributed by atoms with E-state index in [2.05, 4.69) is 11.8 Å². The Morgan fingerprint density at radius 2 is 2.23 bits per heavy atom. The first kappa shape index (κ1) is 10.5. The van der Waals surface area contributed by atoms with E-state index in [1.54, 1.807) is 0 Å². The average Bonchev–Trinajstić information content (AvgIpc) is 2.03. The van der Waals surface area contributed by atoms with Gasteiger partial charge in [0.05, 0.1) is 0 Å². The minimum Gasteiger partial charge on any atom is -0.447 e. The number of hydrogen-bond acceptors (Lipinski definition) is 3. The molecule has 1 saturated heterocycles. The largest absolute Gasteiger partial charge is 0.447 e. The van der Waals surface area contributed by atoms with Crippen LogP contribution in [0, 0.1) is 0 Å². The highest BCUT2D eigenvalue weighted by molar-refractivity contribution is 5.66. The zero-order chi connectivity index (χ0) is 9.84. The molecule has 13 heavy (non-hydrogen) atoms. The highest BCUT2D eigenvalue weighted by Crippen LogP contribution is 2.19. The molecule has 0 aromatic heterocycles. The van der Waals surface area contributed by atoms with Crippen LogP contribution in [0.15, 0.2) is 0 Å². The van der Waals surface area contributed by atoms with Crippen LogP contribution in [-0.4, -0.2) is 29.7 Å². The molecule has 2 unspecified atom stereocenters. The van der Waals surface area contributed by atoms with Crippen molar-refractivity contribution in [3.05, 3.63) is 0 Å². The highest BCUT2D eigenvalue weighted by Gasteiger charge is 2.24. The van der Waals surface area contributed by atoms with Gasteiger partial charge in [-0.3, -0.25) is 9.69 Å². The average molecular weight is 185 g/mol. The number of esters is 1. The van der Waals surface area contributed by atoms with Crippen molar-refractivity contribution in [2.24, 2.45) is 0 Å². The number of piperidine rings is 1. The number of carbonyl (C=O) groups is 1. The summed E-state index contributed by atoms with van der Waals surface area (Å²) in [5.74, 6) is -0.190. The highest BCUT2D eigenvalue weighted by atomic mass is 16.6. The second-order valence-corrected chi connectivity index (χ2v) is 3.79. The molecule has 0 amide bonds. The Labute approximate surface area is 80.1 Å². The maximum Gasteiger partial charge on any atom is 0.304 e. The number of likely N-dealkylation sites (tertiary alicyclic amines) is 1. The van der Waals surface area contributed by atoms with E-state index in [9.17, 15) is 4.79 Å². The number of ether oxygens (including phenoxy) is 1. The third-order valence-corrected chi connectivity index (χ3v) is 2.66. The third kappa shape index (κ3) is 2.99. The molecule has 0 aliphatic carbocycles. The van der Waals surface area contributed by atoms with Crippen LogP contribution in [0.25, 0.3) is 0 Å². The SMILES string of the molecule is CC(=O)OC(C)N1CCCCC1C. The molecule has 2 atom stereocenters. The van der Waals surface area contributed by atoms with E-state index in [0.717, 1.165) is 6.54 Å². The fourth-order valence-electron chi connectivity index (χ4n) is 1.97. The number of carbonyl (C=O) groups excluding carboxylic acids is 1. The van der Waals surface area contributed by atoms with Crippen molar-refractivity contribution in [1.29, 1.82) is 0 Å². The molecule has 0 saturated carbocycles. The lowest BCUT2D eigenvalue weighted by molar-refractivity contribution is -0.157. The van der Waals surface area contributed by atoms with Gasteiger partial charge in [-0.1, -0.05) is 6.42 Å². The summed E-state index contributed by atoms with van der Waals surface area (Å²) >= 11 is 0. The molecule has 1 rings (SSSR count). The molecule has 1 aliphatic heterocycles. The van der Waals surface area contributed by atoms with Crippen LogP contribution in [0.1, 0.15) is 40.0 Å². The predicted molar refractivity (Wildman–Crippen MR) is 51.2 cm³/mol. The normalized spacial score (nSPS) is 26.8. The van der Waals surface area contributed by atoms with Gasteiger partial charge in [0.1, 0.15) is 0 Å². The molecule has 0 spiro atoms. The molecular formula is C10H19NO2. The third-order valence-electron chi connectivity index (χ3n) is 2.66. The summed E-state index contributed by atoms with van der Waals surface area (Å²) in [4.78, 5) is 13.0. The second kappa shape index (κ2) is 4.61. The van der Waals surface area contributed by atoms with Crippen molar-refractivity contribution in [2.45, 2.75) is 52.3 Å². The van der Waals surface area contributed by atoms with Gasteiger partial charge in [0.25, 0.3) is 0 Å². The maximum absolute atomic E-state index is 10.8. The quantitative estimate of drug-likeness (QED) is 0.614. The molecular weight excluding hydrogens is 166 g/mol. The first-order chi connectivity index (χ1) is 6.11. The summed E-state index contributed by atoms with van der Waals surface area (Å²) in [6.07, 6.45) is 3.67. The standard InChI is InChI=1S/C10H19NO2/c1-8-6-4-5-7-11(8)9(2)13-10(3)12/h8-9H,4-7H2,1-3H3. The lowest BCUT2D eigenvalue weighted by Gasteiger charge is -2.36. The van der Waals surface area contributed by atoms with Crippen molar-refractivity contribution in [1.82, 2.24) is 4.90 Å². The molecule has 0 aromatic carbocycles. The summed E-state index contributed by atoms with van der Waals surface area (Å²) in [5, 5.41) is 0. The van der Waals surface area contributed by atoms with Gasteiger partial charge in [0.2, 0.25) is 0 Å². The Hall–Kier alpha value is -0.570. The minimum atomic E-state index is -0.190. The zero-order valence-electron chi connectivity index (χ0n) is 8.75. The number of hydrogen-bond donors (Lipinski definition) is 0. The topological polar surface area (TPSA) is 29.5 Å². The Balaban J connectivity index is 2.43. The molecule has 1 fully saturated rings. The van der Waals surface area contributed by atoms with E-state index < -0.39 is 0 Å². The van der Waals surface area contributed by atoms with Gasteiger partial charge in [-0.25, -0.2) is 0 Å². The first-order valence-electron chi connectivity index (χ1n) is 5.04. The molecule has 1 heterocycles. The zero-order valence-corrected chi connectivity index (χ0v) is 8.75. The maximum atomic E-state index is 10.8. The minimum absolute atomic E-state index is 0.0622. The Morgan fingerprint density at radius 1 is 1.54 bits per heavy atom. The molecule has 3 heteroatoms. The lowest BCUT2D eigenvalue weighted by Crippen LogP contribution is -2.45. The first-order valence-corrected chi connectivity index (χ1v) is 5.04. The fourth-order valence-corrected chi connectivity index (χ4v) is 1.97. The number of rotatable bonds is 2. The van der Waals surface area contributed by atoms with Gasteiger partial charge >= 0.3 is 5.97 Å². The summed E-state index contributed by atoms with van der Waals surface area (Å²) in [5.41, 5.74) is 0. The van der Waals surface area contributed by atoms with E-state index in [-0.39, 0.29) is 12.2 Å². The van der Waals surface area contributed by atoms with Gasteiger partial charge in [0.15, 0.2) is 6.23 Å². The van der Waals surface area contributed by atoms with Crippen molar-refractivity contribution >= 4 is 5.97 Å². The lowest BCUT2D eigenvalue weighted by atomic mass is 10.0. The van der Waals surface area contributed by atoms with E-state index in [4.69, 9.17) is 4.74 Å². The smallest absolute Gasteiger partial charge is 0.304 e. The van der Waals surface area contributed by atoms with E-state index in [1.807, 2.05) is 6.92 Å².